The molecular formula is C29H54O4. The molecule has 0 radical (unpaired) electrons. The van der Waals surface area contributed by atoms with Crippen LogP contribution >= 0.6 is 0 Å². The van der Waals surface area contributed by atoms with E-state index in [-0.39, 0.29) is 11.9 Å². The highest BCUT2D eigenvalue weighted by atomic mass is 16.5. The molecule has 0 heterocycles. The molecule has 1 aliphatic carbocycles. The number of unbranched alkanes of at least 4 members (excludes halogenated alkanes) is 14. The lowest BCUT2D eigenvalue weighted by Crippen LogP contribution is -2.17. The van der Waals surface area contributed by atoms with Crippen molar-refractivity contribution < 1.29 is 19.1 Å². The SMILES string of the molecule is CCCCCCCCCCCCCCCCCOC(=O)CCCC(=O)OCC1CCCCC1. The highest BCUT2D eigenvalue weighted by molar-refractivity contribution is 5.72. The Morgan fingerprint density at radius 3 is 1.55 bits per heavy atom. The summed E-state index contributed by atoms with van der Waals surface area (Å²) < 4.78 is 10.7. The fraction of sp³-hybridized carbons (Fsp3) is 0.931. The smallest absolute Gasteiger partial charge is 0.305 e. The number of carbonyl (C=O) groups is 2. The molecule has 4 nitrogen and oxygen atoms in total. The van der Waals surface area contributed by atoms with Crippen LogP contribution in [0.15, 0.2) is 0 Å². The summed E-state index contributed by atoms with van der Waals surface area (Å²) >= 11 is 0. The number of carbonyl (C=O) groups excluding carboxylic acids is 2. The van der Waals surface area contributed by atoms with Gasteiger partial charge in [0.15, 0.2) is 0 Å². The van der Waals surface area contributed by atoms with Gasteiger partial charge in [0.05, 0.1) is 13.2 Å². The van der Waals surface area contributed by atoms with Crippen LogP contribution in [0.2, 0.25) is 0 Å². The van der Waals surface area contributed by atoms with Crippen LogP contribution in [0.5, 0.6) is 0 Å². The summed E-state index contributed by atoms with van der Waals surface area (Å²) in [5.41, 5.74) is 0. The molecule has 0 unspecified atom stereocenters. The zero-order valence-corrected chi connectivity index (χ0v) is 21.9. The Morgan fingerprint density at radius 2 is 1.03 bits per heavy atom. The number of hydrogen-bond acceptors (Lipinski definition) is 4. The quantitative estimate of drug-likeness (QED) is 0.118. The van der Waals surface area contributed by atoms with Gasteiger partial charge in [-0.1, -0.05) is 116 Å². The predicted molar refractivity (Wildman–Crippen MR) is 137 cm³/mol. The van der Waals surface area contributed by atoms with E-state index < -0.39 is 0 Å². The maximum Gasteiger partial charge on any atom is 0.305 e. The van der Waals surface area contributed by atoms with Crippen molar-refractivity contribution in [1.82, 2.24) is 0 Å². The Kier molecular flexibility index (Phi) is 20.6. The fourth-order valence-electron chi connectivity index (χ4n) is 4.75. The third-order valence-corrected chi connectivity index (χ3v) is 6.98. The van der Waals surface area contributed by atoms with E-state index in [1.165, 1.54) is 116 Å². The van der Waals surface area contributed by atoms with E-state index in [2.05, 4.69) is 6.92 Å². The summed E-state index contributed by atoms with van der Waals surface area (Å²) in [6.45, 7) is 3.35. The second kappa shape index (κ2) is 22.7. The van der Waals surface area contributed by atoms with Crippen LogP contribution < -0.4 is 0 Å². The van der Waals surface area contributed by atoms with Gasteiger partial charge in [0.25, 0.3) is 0 Å². The zero-order chi connectivity index (χ0) is 23.8. The van der Waals surface area contributed by atoms with E-state index in [4.69, 9.17) is 9.47 Å². The molecule has 0 N–H and O–H groups in total. The van der Waals surface area contributed by atoms with E-state index in [0.717, 1.165) is 12.8 Å². The maximum atomic E-state index is 11.8. The van der Waals surface area contributed by atoms with Crippen LogP contribution in [0.1, 0.15) is 155 Å². The molecule has 194 valence electrons. The minimum atomic E-state index is -0.180. The van der Waals surface area contributed by atoms with Crippen molar-refractivity contribution in [2.75, 3.05) is 13.2 Å². The topological polar surface area (TPSA) is 52.6 Å². The average Bonchev–Trinajstić information content (AvgIpc) is 2.83. The van der Waals surface area contributed by atoms with Crippen LogP contribution in [0, 0.1) is 5.92 Å². The molecule has 1 saturated carbocycles. The van der Waals surface area contributed by atoms with Gasteiger partial charge in [-0.15, -0.1) is 0 Å². The second-order valence-corrected chi connectivity index (χ2v) is 10.2. The molecule has 0 aromatic carbocycles. The van der Waals surface area contributed by atoms with Crippen molar-refractivity contribution in [3.63, 3.8) is 0 Å². The molecule has 1 rings (SSSR count). The van der Waals surface area contributed by atoms with Crippen molar-refractivity contribution in [3.8, 4) is 0 Å². The van der Waals surface area contributed by atoms with E-state index in [1.54, 1.807) is 0 Å². The predicted octanol–water partition coefficient (Wildman–Crippen LogP) is 8.69. The van der Waals surface area contributed by atoms with Gasteiger partial charge in [-0.05, 0) is 31.6 Å². The van der Waals surface area contributed by atoms with Crippen molar-refractivity contribution in [2.45, 2.75) is 155 Å². The summed E-state index contributed by atoms with van der Waals surface area (Å²) in [5, 5.41) is 0. The first-order valence-electron chi connectivity index (χ1n) is 14.5. The molecule has 1 fully saturated rings. The maximum absolute atomic E-state index is 11.8. The minimum Gasteiger partial charge on any atom is -0.466 e. The number of hydrogen-bond donors (Lipinski definition) is 0. The van der Waals surface area contributed by atoms with Gasteiger partial charge in [0.1, 0.15) is 0 Å². The highest BCUT2D eigenvalue weighted by Gasteiger charge is 2.15. The summed E-state index contributed by atoms with van der Waals surface area (Å²) in [6.07, 6.45) is 27.3. The summed E-state index contributed by atoms with van der Waals surface area (Å²) in [4.78, 5) is 23.6. The lowest BCUT2D eigenvalue weighted by molar-refractivity contribution is -0.146. The van der Waals surface area contributed by atoms with Gasteiger partial charge in [-0.25, -0.2) is 0 Å². The van der Waals surface area contributed by atoms with Gasteiger partial charge >= 0.3 is 11.9 Å². The lowest BCUT2D eigenvalue weighted by Gasteiger charge is -2.20. The number of rotatable bonds is 22. The van der Waals surface area contributed by atoms with Crippen LogP contribution in [-0.2, 0) is 19.1 Å². The molecule has 0 bridgehead atoms. The zero-order valence-electron chi connectivity index (χ0n) is 21.9. The lowest BCUT2D eigenvalue weighted by atomic mass is 9.90. The van der Waals surface area contributed by atoms with Gasteiger partial charge in [0.2, 0.25) is 0 Å². The standard InChI is InChI=1S/C29H54O4/c1-2-3-4-5-6-7-8-9-10-11-12-13-14-15-19-25-32-28(30)23-20-24-29(31)33-26-27-21-17-16-18-22-27/h27H,2-26H2,1H3. The molecular weight excluding hydrogens is 412 g/mol. The Labute approximate surface area is 205 Å². The first-order valence-corrected chi connectivity index (χ1v) is 14.5. The average molecular weight is 467 g/mol. The third-order valence-electron chi connectivity index (χ3n) is 6.98. The fourth-order valence-corrected chi connectivity index (χ4v) is 4.75. The molecule has 0 aromatic rings. The molecule has 0 saturated heterocycles. The summed E-state index contributed by atoms with van der Waals surface area (Å²) in [7, 11) is 0. The highest BCUT2D eigenvalue weighted by Crippen LogP contribution is 2.23. The molecule has 0 aromatic heterocycles. The van der Waals surface area contributed by atoms with Gasteiger partial charge in [-0.2, -0.15) is 0 Å². The van der Waals surface area contributed by atoms with E-state index >= 15 is 0 Å². The van der Waals surface area contributed by atoms with Crippen molar-refractivity contribution in [2.24, 2.45) is 5.92 Å². The number of ether oxygens (including phenoxy) is 2. The Balaban J connectivity index is 1.76. The van der Waals surface area contributed by atoms with Gasteiger partial charge < -0.3 is 9.47 Å². The Bertz CT molecular complexity index is 457. The molecule has 0 aliphatic heterocycles. The molecule has 33 heavy (non-hydrogen) atoms. The van der Waals surface area contributed by atoms with Crippen LogP contribution in [0.3, 0.4) is 0 Å². The Hall–Kier alpha value is -1.06. The Morgan fingerprint density at radius 1 is 0.576 bits per heavy atom. The van der Waals surface area contributed by atoms with E-state index in [0.29, 0.717) is 38.4 Å². The molecule has 0 amide bonds. The minimum absolute atomic E-state index is 0.171. The molecule has 0 atom stereocenters. The summed E-state index contributed by atoms with van der Waals surface area (Å²) in [6, 6.07) is 0. The van der Waals surface area contributed by atoms with Crippen LogP contribution in [-0.4, -0.2) is 25.2 Å². The largest absolute Gasteiger partial charge is 0.466 e. The first-order chi connectivity index (χ1) is 16.2. The van der Waals surface area contributed by atoms with Crippen LogP contribution in [0.4, 0.5) is 0 Å². The first kappa shape index (κ1) is 30.0. The molecule has 1 aliphatic rings. The van der Waals surface area contributed by atoms with Crippen molar-refractivity contribution in [1.29, 1.82) is 0 Å². The van der Waals surface area contributed by atoms with Gasteiger partial charge in [-0.3, -0.25) is 9.59 Å². The van der Waals surface area contributed by atoms with Crippen molar-refractivity contribution >= 4 is 11.9 Å². The second-order valence-electron chi connectivity index (χ2n) is 10.2. The van der Waals surface area contributed by atoms with E-state index in [1.807, 2.05) is 0 Å². The van der Waals surface area contributed by atoms with Crippen LogP contribution in [0.25, 0.3) is 0 Å². The number of esters is 2. The molecule has 4 heteroatoms. The molecule has 0 spiro atoms. The van der Waals surface area contributed by atoms with E-state index in [9.17, 15) is 9.59 Å². The monoisotopic (exact) mass is 466 g/mol. The normalized spacial score (nSPS) is 14.3. The van der Waals surface area contributed by atoms with Gasteiger partial charge in [0, 0.05) is 12.8 Å². The third kappa shape index (κ3) is 20.1. The summed E-state index contributed by atoms with van der Waals surface area (Å²) in [5.74, 6) is 0.193. The van der Waals surface area contributed by atoms with Crippen molar-refractivity contribution in [3.05, 3.63) is 0 Å².